The van der Waals surface area contributed by atoms with Gasteiger partial charge in [0.25, 0.3) is 12.3 Å². The van der Waals surface area contributed by atoms with Crippen molar-refractivity contribution in [3.8, 4) is 0 Å². The number of ether oxygens (including phenoxy) is 1. The number of hydrogen-bond donors (Lipinski definition) is 1. The molecule has 0 radical (unpaired) electrons. The summed E-state index contributed by atoms with van der Waals surface area (Å²) in [7, 11) is 0. The highest BCUT2D eigenvalue weighted by Gasteiger charge is 2.39. The fourth-order valence-corrected chi connectivity index (χ4v) is 5.68. The third-order valence-electron chi connectivity index (χ3n) is 7.63. The summed E-state index contributed by atoms with van der Waals surface area (Å²) in [6, 6.07) is 2.07. The largest absolute Gasteiger partial charge is 0.374 e. The van der Waals surface area contributed by atoms with E-state index in [1.54, 1.807) is 6.20 Å². The summed E-state index contributed by atoms with van der Waals surface area (Å²) in [4.78, 5) is 30.8. The fourth-order valence-electron chi connectivity index (χ4n) is 5.68. The zero-order chi connectivity index (χ0) is 24.8. The molecule has 3 aromatic heterocycles. The van der Waals surface area contributed by atoms with Gasteiger partial charge in [-0.2, -0.15) is 10.2 Å². The van der Waals surface area contributed by atoms with E-state index < -0.39 is 18.0 Å². The van der Waals surface area contributed by atoms with Crippen LogP contribution in [0.25, 0.3) is 5.65 Å². The van der Waals surface area contributed by atoms with Crippen molar-refractivity contribution in [3.63, 3.8) is 0 Å². The first-order valence-corrected chi connectivity index (χ1v) is 12.3. The maximum atomic E-state index is 13.8. The second-order valence-electron chi connectivity index (χ2n) is 9.85. The van der Waals surface area contributed by atoms with Crippen molar-refractivity contribution in [2.45, 2.75) is 63.1 Å². The molecule has 1 N–H and O–H groups in total. The van der Waals surface area contributed by atoms with Gasteiger partial charge in [-0.3, -0.25) is 9.48 Å². The average Bonchev–Trinajstić information content (AvgIpc) is 3.67. The number of carbonyl (C=O) groups excluding carboxylic acids is 2. The third-order valence-corrected chi connectivity index (χ3v) is 7.63. The van der Waals surface area contributed by atoms with E-state index in [9.17, 15) is 18.4 Å². The van der Waals surface area contributed by atoms with Crippen molar-refractivity contribution in [3.05, 3.63) is 35.9 Å². The third kappa shape index (κ3) is 4.12. The van der Waals surface area contributed by atoms with Crippen LogP contribution >= 0.6 is 0 Å². The molecule has 3 fully saturated rings. The van der Waals surface area contributed by atoms with Crippen molar-refractivity contribution in [2.75, 3.05) is 23.4 Å². The molecule has 2 bridgehead atoms. The molecule has 36 heavy (non-hydrogen) atoms. The normalized spacial score (nSPS) is 25.7. The molecule has 6 rings (SSSR count). The Morgan fingerprint density at radius 2 is 2.08 bits per heavy atom. The minimum Gasteiger partial charge on any atom is -0.374 e. The Morgan fingerprint density at radius 1 is 1.25 bits per heavy atom. The zero-order valence-electron chi connectivity index (χ0n) is 19.6. The van der Waals surface area contributed by atoms with Crippen LogP contribution in [-0.2, 0) is 9.53 Å². The number of aromatic nitrogens is 5. The van der Waals surface area contributed by atoms with Gasteiger partial charge in [0.2, 0.25) is 0 Å². The smallest absolute Gasteiger partial charge is 0.284 e. The van der Waals surface area contributed by atoms with Crippen LogP contribution in [0.3, 0.4) is 0 Å². The van der Waals surface area contributed by atoms with Crippen molar-refractivity contribution >= 4 is 29.3 Å². The number of nitrogens with one attached hydrogen (secondary N) is 1. The minimum atomic E-state index is -2.84. The van der Waals surface area contributed by atoms with Crippen LogP contribution in [0.4, 0.5) is 20.3 Å². The number of amides is 1. The number of rotatable bonds is 7. The molecule has 0 aromatic carbocycles. The second kappa shape index (κ2) is 9.23. The van der Waals surface area contributed by atoms with E-state index in [4.69, 9.17) is 4.74 Å². The molecule has 2 atom stereocenters. The lowest BCUT2D eigenvalue weighted by molar-refractivity contribution is -0.108. The topological polar surface area (TPSA) is 107 Å². The van der Waals surface area contributed by atoms with Crippen molar-refractivity contribution < 1.29 is 23.1 Å². The van der Waals surface area contributed by atoms with Crippen LogP contribution in [0.2, 0.25) is 0 Å². The standard InChI is InChI=1S/C24H27F2N7O3/c25-22(26)21-19(12-33(30-21)15-3-1-14(2-4-15)6-8-34)28-24(35)18-10-27-32-7-5-20(29-23(18)32)31-11-17-9-16(31)13-36-17/h5,7-8,10,12,14-17,22H,1-4,6,9,11,13H2,(H,28,35)/t14?,15?,16-,17-/m1/s1. The molecule has 0 unspecified atom stereocenters. The van der Waals surface area contributed by atoms with E-state index >= 15 is 0 Å². The highest BCUT2D eigenvalue weighted by molar-refractivity contribution is 6.08. The number of anilines is 2. The Bertz CT molecular complexity index is 1280. The highest BCUT2D eigenvalue weighted by atomic mass is 19.3. The Balaban J connectivity index is 1.22. The van der Waals surface area contributed by atoms with Crippen molar-refractivity contribution in [2.24, 2.45) is 5.92 Å². The highest BCUT2D eigenvalue weighted by Crippen LogP contribution is 2.36. The maximum Gasteiger partial charge on any atom is 0.284 e. The number of carbonyl (C=O) groups is 2. The summed E-state index contributed by atoms with van der Waals surface area (Å²) in [5.41, 5.74) is 0.0686. The molecule has 3 aromatic rings. The first-order chi connectivity index (χ1) is 17.5. The SMILES string of the molecule is O=CCC1CCC(n2cc(NC(=O)c3cnn4ccc(N5C[C@H]6C[C@@H]5CO6)nc34)c(C(F)F)n2)CC1. The summed E-state index contributed by atoms with van der Waals surface area (Å²) >= 11 is 0. The molecule has 10 nitrogen and oxygen atoms in total. The molecule has 0 spiro atoms. The quantitative estimate of drug-likeness (QED) is 0.497. The molecule has 12 heteroatoms. The van der Waals surface area contributed by atoms with Gasteiger partial charge in [0.05, 0.1) is 36.7 Å². The van der Waals surface area contributed by atoms with Crippen LogP contribution in [0.5, 0.6) is 0 Å². The van der Waals surface area contributed by atoms with E-state index in [-0.39, 0.29) is 29.4 Å². The lowest BCUT2D eigenvalue weighted by Crippen LogP contribution is -2.37. The van der Waals surface area contributed by atoms with Crippen LogP contribution < -0.4 is 10.2 Å². The summed E-state index contributed by atoms with van der Waals surface area (Å²) < 4.78 is 36.3. The predicted molar refractivity (Wildman–Crippen MR) is 125 cm³/mol. The van der Waals surface area contributed by atoms with Crippen molar-refractivity contribution in [1.82, 2.24) is 24.4 Å². The average molecular weight is 500 g/mol. The monoisotopic (exact) mass is 499 g/mol. The van der Waals surface area contributed by atoms with Gasteiger partial charge in [0.1, 0.15) is 17.7 Å². The minimum absolute atomic E-state index is 0.0190. The number of alkyl halides is 2. The summed E-state index contributed by atoms with van der Waals surface area (Å²) in [6.45, 7) is 1.40. The Hall–Kier alpha value is -3.41. The second-order valence-corrected chi connectivity index (χ2v) is 9.85. The van der Waals surface area contributed by atoms with Gasteiger partial charge in [0.15, 0.2) is 11.3 Å². The lowest BCUT2D eigenvalue weighted by Gasteiger charge is -2.27. The number of hydrogen-bond acceptors (Lipinski definition) is 7. The molecule has 3 aliphatic rings. The molecule has 1 saturated carbocycles. The van der Waals surface area contributed by atoms with Gasteiger partial charge in [-0.15, -0.1) is 0 Å². The van der Waals surface area contributed by atoms with Crippen LogP contribution in [0, 0.1) is 5.92 Å². The van der Waals surface area contributed by atoms with Crippen molar-refractivity contribution in [1.29, 1.82) is 0 Å². The van der Waals surface area contributed by atoms with E-state index in [0.717, 1.165) is 50.8 Å². The molecule has 1 aliphatic carbocycles. The van der Waals surface area contributed by atoms with Gasteiger partial charge < -0.3 is 19.7 Å². The predicted octanol–water partition coefficient (Wildman–Crippen LogP) is 3.41. The Labute approximate surface area is 205 Å². The summed E-state index contributed by atoms with van der Waals surface area (Å²) in [5, 5.41) is 10.9. The molecular weight excluding hydrogens is 472 g/mol. The number of morpholine rings is 1. The number of halogens is 2. The molecule has 1 amide bonds. The van der Waals surface area contributed by atoms with Crippen LogP contribution in [0.15, 0.2) is 24.7 Å². The van der Waals surface area contributed by atoms with Gasteiger partial charge in [0, 0.05) is 25.4 Å². The molecule has 5 heterocycles. The fraction of sp³-hybridized carbons (Fsp3) is 0.542. The van der Waals surface area contributed by atoms with Crippen LogP contribution in [-0.4, -0.2) is 61.9 Å². The Kier molecular flexibility index (Phi) is 5.90. The van der Waals surface area contributed by atoms with Gasteiger partial charge in [-0.1, -0.05) is 0 Å². The van der Waals surface area contributed by atoms with Gasteiger partial charge >= 0.3 is 0 Å². The maximum absolute atomic E-state index is 13.8. The molecule has 2 saturated heterocycles. The number of fused-ring (bicyclic) bond motifs is 3. The first-order valence-electron chi connectivity index (χ1n) is 12.3. The molecular formula is C24H27F2N7O3. The summed E-state index contributed by atoms with van der Waals surface area (Å²) in [6.07, 6.45) is 7.58. The van der Waals surface area contributed by atoms with E-state index in [0.29, 0.717) is 24.6 Å². The van der Waals surface area contributed by atoms with Gasteiger partial charge in [-0.25, -0.2) is 18.3 Å². The number of aldehydes is 1. The van der Waals surface area contributed by atoms with Gasteiger partial charge in [-0.05, 0) is 44.1 Å². The van der Waals surface area contributed by atoms with Crippen LogP contribution in [0.1, 0.15) is 67.0 Å². The van der Waals surface area contributed by atoms with E-state index in [1.165, 1.54) is 21.6 Å². The van der Waals surface area contributed by atoms with E-state index in [2.05, 4.69) is 25.4 Å². The zero-order valence-corrected chi connectivity index (χ0v) is 19.6. The molecule has 2 aliphatic heterocycles. The molecule has 190 valence electrons. The number of nitrogens with zero attached hydrogens (tertiary/aromatic N) is 6. The Morgan fingerprint density at radius 3 is 2.78 bits per heavy atom. The lowest BCUT2D eigenvalue weighted by atomic mass is 9.84. The first kappa shape index (κ1) is 23.0. The van der Waals surface area contributed by atoms with E-state index in [1.807, 2.05) is 6.07 Å². The summed E-state index contributed by atoms with van der Waals surface area (Å²) in [5.74, 6) is 0.496.